The normalized spacial score (nSPS) is 13.3. The van der Waals surface area contributed by atoms with Crippen LogP contribution in [0.2, 0.25) is 0 Å². The number of aryl methyl sites for hydroxylation is 1. The van der Waals surface area contributed by atoms with Crippen LogP contribution in [0.25, 0.3) is 11.0 Å². The van der Waals surface area contributed by atoms with Gasteiger partial charge in [0.05, 0.1) is 12.0 Å². The Morgan fingerprint density at radius 1 is 0.881 bits per heavy atom. The lowest BCUT2D eigenvalue weighted by molar-refractivity contribution is -0.142. The highest BCUT2D eigenvalue weighted by Gasteiger charge is 2.45. The Hall–Kier alpha value is -4.40. The van der Waals surface area contributed by atoms with Gasteiger partial charge in [-0.2, -0.15) is 4.31 Å². The number of carboxylic acid groups (broad SMARTS) is 1. The number of methoxy groups -OCH3 is 1. The molecule has 0 aliphatic rings. The number of benzene rings is 4. The summed E-state index contributed by atoms with van der Waals surface area (Å²) in [5.74, 6) is -0.377. The maximum atomic E-state index is 15.0. The van der Waals surface area contributed by atoms with Crippen LogP contribution >= 0.6 is 0 Å². The summed E-state index contributed by atoms with van der Waals surface area (Å²) in [6.07, 6.45) is -0.0494. The molecule has 0 saturated carbocycles. The number of ether oxygens (including phenoxy) is 1. The van der Waals surface area contributed by atoms with Crippen molar-refractivity contribution >= 4 is 27.0 Å². The molecule has 0 spiro atoms. The smallest absolute Gasteiger partial charge is 0.322 e. The van der Waals surface area contributed by atoms with Crippen molar-refractivity contribution in [1.29, 1.82) is 0 Å². The van der Waals surface area contributed by atoms with Gasteiger partial charge in [0.25, 0.3) is 0 Å². The molecule has 0 amide bonds. The second-order valence-corrected chi connectivity index (χ2v) is 12.1. The first-order valence-corrected chi connectivity index (χ1v) is 15.1. The molecule has 0 fully saturated rings. The van der Waals surface area contributed by atoms with Gasteiger partial charge in [0, 0.05) is 5.39 Å². The number of fused-ring (bicyclic) bond motifs is 1. The molecule has 0 bridgehead atoms. The summed E-state index contributed by atoms with van der Waals surface area (Å²) >= 11 is 0. The number of hydrogen-bond acceptors (Lipinski definition) is 5. The van der Waals surface area contributed by atoms with Gasteiger partial charge in [-0.25, -0.2) is 8.42 Å². The zero-order valence-corrected chi connectivity index (χ0v) is 24.8. The molecule has 2 atom stereocenters. The number of aliphatic carboxylic acids is 1. The number of nitrogens with zero attached hydrogens (tertiary/aromatic N) is 1. The molecule has 8 heteroatoms. The monoisotopic (exact) mass is 583 g/mol. The van der Waals surface area contributed by atoms with E-state index in [1.165, 1.54) is 7.11 Å². The first-order valence-electron chi connectivity index (χ1n) is 13.6. The van der Waals surface area contributed by atoms with Gasteiger partial charge in [-0.05, 0) is 73.2 Å². The summed E-state index contributed by atoms with van der Waals surface area (Å²) in [5.41, 5.74) is 3.48. The maximum Gasteiger partial charge on any atom is 0.322 e. The molecule has 0 radical (unpaired) electrons. The molecular formula is C34H33NO6S. The van der Waals surface area contributed by atoms with Crippen molar-refractivity contribution in [1.82, 2.24) is 4.31 Å². The van der Waals surface area contributed by atoms with Crippen LogP contribution in [0.5, 0.6) is 5.75 Å². The molecule has 0 aliphatic carbocycles. The van der Waals surface area contributed by atoms with Crippen molar-refractivity contribution in [3.63, 3.8) is 0 Å². The third-order valence-electron chi connectivity index (χ3n) is 7.68. The van der Waals surface area contributed by atoms with Crippen LogP contribution in [0.3, 0.4) is 0 Å². The van der Waals surface area contributed by atoms with Crippen LogP contribution in [0.15, 0.2) is 106 Å². The average Bonchev–Trinajstić information content (AvgIpc) is 3.41. The SMILES string of the molecule is COc1cc(C)c(S(=O)(=O)N(C(Cc2ccccc2)C(=O)O)C(c2ccccc2)c2cc3ccccc3o2)c(C)c1C. The van der Waals surface area contributed by atoms with Gasteiger partial charge in [-0.1, -0.05) is 78.9 Å². The van der Waals surface area contributed by atoms with Crippen LogP contribution in [0.4, 0.5) is 0 Å². The van der Waals surface area contributed by atoms with E-state index in [0.29, 0.717) is 44.9 Å². The first-order chi connectivity index (χ1) is 20.1. The van der Waals surface area contributed by atoms with E-state index in [4.69, 9.17) is 9.15 Å². The fourth-order valence-electron chi connectivity index (χ4n) is 5.55. The highest BCUT2D eigenvalue weighted by molar-refractivity contribution is 7.89. The number of para-hydroxylation sites is 1. The largest absolute Gasteiger partial charge is 0.496 e. The molecule has 5 rings (SSSR count). The topological polar surface area (TPSA) is 97.1 Å². The fourth-order valence-corrected chi connectivity index (χ4v) is 7.77. The number of furan rings is 1. The lowest BCUT2D eigenvalue weighted by Gasteiger charge is -2.35. The van der Waals surface area contributed by atoms with Crippen LogP contribution in [0.1, 0.15) is 39.6 Å². The van der Waals surface area contributed by atoms with Gasteiger partial charge in [-0.15, -0.1) is 0 Å². The molecule has 5 aromatic rings. The van der Waals surface area contributed by atoms with E-state index in [1.54, 1.807) is 75.4 Å². The van der Waals surface area contributed by atoms with Gasteiger partial charge < -0.3 is 14.3 Å². The van der Waals surface area contributed by atoms with E-state index in [0.717, 1.165) is 9.69 Å². The number of rotatable bonds is 10. The van der Waals surface area contributed by atoms with Crippen molar-refractivity contribution in [2.45, 2.75) is 44.2 Å². The second-order valence-electron chi connectivity index (χ2n) is 10.4. The van der Waals surface area contributed by atoms with E-state index < -0.39 is 28.1 Å². The highest BCUT2D eigenvalue weighted by atomic mass is 32.2. The Bertz CT molecular complexity index is 1800. The second kappa shape index (κ2) is 11.8. The Morgan fingerprint density at radius 3 is 2.12 bits per heavy atom. The minimum absolute atomic E-state index is 0.0494. The predicted octanol–water partition coefficient (Wildman–Crippen LogP) is 6.84. The summed E-state index contributed by atoms with van der Waals surface area (Å²) in [5, 5.41) is 11.5. The lowest BCUT2D eigenvalue weighted by atomic mass is 10.00. The molecule has 0 saturated heterocycles. The van der Waals surface area contributed by atoms with Crippen molar-refractivity contribution in [2.24, 2.45) is 0 Å². The first kappa shape index (κ1) is 29.1. The Balaban J connectivity index is 1.83. The van der Waals surface area contributed by atoms with E-state index in [9.17, 15) is 9.90 Å². The van der Waals surface area contributed by atoms with E-state index in [-0.39, 0.29) is 11.3 Å². The molecule has 4 aromatic carbocycles. The van der Waals surface area contributed by atoms with Gasteiger partial charge in [0.1, 0.15) is 29.2 Å². The van der Waals surface area contributed by atoms with Crippen molar-refractivity contribution in [3.8, 4) is 5.75 Å². The average molecular weight is 584 g/mol. The molecule has 216 valence electrons. The molecular weight excluding hydrogens is 550 g/mol. The molecule has 2 unspecified atom stereocenters. The van der Waals surface area contributed by atoms with E-state index >= 15 is 8.42 Å². The highest BCUT2D eigenvalue weighted by Crippen LogP contribution is 2.41. The summed E-state index contributed by atoms with van der Waals surface area (Å²) in [6.45, 7) is 5.22. The molecule has 42 heavy (non-hydrogen) atoms. The van der Waals surface area contributed by atoms with E-state index in [2.05, 4.69) is 0 Å². The van der Waals surface area contributed by atoms with Crippen LogP contribution in [-0.4, -0.2) is 37.0 Å². The summed E-state index contributed by atoms with van der Waals surface area (Å²) in [6, 6.07) is 26.4. The Morgan fingerprint density at radius 2 is 1.50 bits per heavy atom. The number of carbonyl (C=O) groups is 1. The zero-order chi connectivity index (χ0) is 30.0. The van der Waals surface area contributed by atoms with Gasteiger partial charge in [0.15, 0.2) is 0 Å². The van der Waals surface area contributed by atoms with Crippen LogP contribution < -0.4 is 4.74 Å². The fraction of sp³-hybridized carbons (Fsp3) is 0.206. The minimum atomic E-state index is -4.47. The molecule has 0 aliphatic heterocycles. The quantitative estimate of drug-likeness (QED) is 0.193. The summed E-state index contributed by atoms with van der Waals surface area (Å²) in [7, 11) is -2.93. The van der Waals surface area contributed by atoms with Gasteiger partial charge >= 0.3 is 5.97 Å². The molecule has 1 heterocycles. The number of hydrogen-bond donors (Lipinski definition) is 1. The van der Waals surface area contributed by atoms with E-state index in [1.807, 2.05) is 42.5 Å². The summed E-state index contributed by atoms with van der Waals surface area (Å²) in [4.78, 5) is 13.2. The molecule has 7 nitrogen and oxygen atoms in total. The third kappa shape index (κ3) is 5.43. The standard InChI is InChI=1S/C34H33NO6S/c1-22-19-30(40-4)23(2)24(3)33(22)42(38,39)35(28(34(36)37)20-25-13-7-5-8-14-25)32(26-15-9-6-10-16-26)31-21-27-17-11-12-18-29(27)41-31/h5-19,21,28,32H,20H2,1-4H3,(H,36,37). The van der Waals surface area contributed by atoms with Crippen molar-refractivity contribution < 1.29 is 27.5 Å². The predicted molar refractivity (Wildman–Crippen MR) is 162 cm³/mol. The van der Waals surface area contributed by atoms with Gasteiger partial charge in [0.2, 0.25) is 10.0 Å². The third-order valence-corrected chi connectivity index (χ3v) is 9.85. The van der Waals surface area contributed by atoms with Crippen LogP contribution in [0, 0.1) is 20.8 Å². The summed E-state index contributed by atoms with van der Waals surface area (Å²) < 4.78 is 43.0. The Kier molecular flexibility index (Phi) is 8.20. The maximum absolute atomic E-state index is 15.0. The van der Waals surface area contributed by atoms with Crippen molar-refractivity contribution in [2.75, 3.05) is 7.11 Å². The van der Waals surface area contributed by atoms with Crippen LogP contribution in [-0.2, 0) is 21.2 Å². The lowest BCUT2D eigenvalue weighted by Crippen LogP contribution is -2.48. The molecule has 1 N–H and O–H groups in total. The van der Waals surface area contributed by atoms with Crippen molar-refractivity contribution in [3.05, 3.63) is 131 Å². The number of sulfonamides is 1. The number of carboxylic acids is 1. The minimum Gasteiger partial charge on any atom is -0.496 e. The molecule has 1 aromatic heterocycles. The Labute approximate surface area is 246 Å². The zero-order valence-electron chi connectivity index (χ0n) is 23.9. The van der Waals surface area contributed by atoms with Gasteiger partial charge in [-0.3, -0.25) is 4.79 Å².